The van der Waals surface area contributed by atoms with Crippen molar-refractivity contribution in [1.29, 1.82) is 0 Å². The summed E-state index contributed by atoms with van der Waals surface area (Å²) in [5.74, 6) is 0. The molecule has 0 unspecified atom stereocenters. The normalized spacial score (nSPS) is 18.7. The molecule has 1 fully saturated rings. The zero-order valence-electron chi connectivity index (χ0n) is 16.4. The molecular weight excluding hydrogens is 319 g/mol. The number of aryl methyl sites for hydroxylation is 1. The number of benzene rings is 3. The van der Waals surface area contributed by atoms with Crippen molar-refractivity contribution < 1.29 is 9.31 Å². The fourth-order valence-electron chi connectivity index (χ4n) is 4.12. The van der Waals surface area contributed by atoms with Gasteiger partial charge in [-0.25, -0.2) is 0 Å². The van der Waals surface area contributed by atoms with E-state index >= 15 is 0 Å². The van der Waals surface area contributed by atoms with Crippen molar-refractivity contribution in [2.75, 3.05) is 0 Å². The second kappa shape index (κ2) is 6.11. The molecule has 26 heavy (non-hydrogen) atoms. The summed E-state index contributed by atoms with van der Waals surface area (Å²) in [6.45, 7) is 10.7. The zero-order chi connectivity index (χ0) is 18.5. The van der Waals surface area contributed by atoms with Gasteiger partial charge in [0.25, 0.3) is 0 Å². The van der Waals surface area contributed by atoms with Gasteiger partial charge >= 0.3 is 7.12 Å². The second-order valence-electron chi connectivity index (χ2n) is 8.29. The second-order valence-corrected chi connectivity index (χ2v) is 8.29. The predicted molar refractivity (Wildman–Crippen MR) is 111 cm³/mol. The highest BCUT2D eigenvalue weighted by atomic mass is 16.7. The van der Waals surface area contributed by atoms with Gasteiger partial charge < -0.3 is 9.31 Å². The van der Waals surface area contributed by atoms with Gasteiger partial charge in [-0.2, -0.15) is 0 Å². The van der Waals surface area contributed by atoms with Crippen molar-refractivity contribution in [3.63, 3.8) is 0 Å². The molecule has 0 saturated carbocycles. The molecule has 3 aromatic carbocycles. The summed E-state index contributed by atoms with van der Waals surface area (Å²) in [6, 6.07) is 17.5. The van der Waals surface area contributed by atoms with Crippen molar-refractivity contribution in [3.8, 4) is 0 Å². The molecular formula is C23H27BO2. The highest BCUT2D eigenvalue weighted by molar-refractivity contribution is 6.45. The Morgan fingerprint density at radius 1 is 0.692 bits per heavy atom. The molecule has 0 radical (unpaired) electrons. The van der Waals surface area contributed by atoms with Gasteiger partial charge in [-0.3, -0.25) is 0 Å². The monoisotopic (exact) mass is 346 g/mol. The lowest BCUT2D eigenvalue weighted by molar-refractivity contribution is 0.00578. The SMILES string of the molecule is CCc1c2ccccc2c(CB2OC(C)(C)C(C)(C)O2)c2ccccc12. The van der Waals surface area contributed by atoms with Gasteiger partial charge in [0, 0.05) is 6.32 Å². The molecule has 0 bridgehead atoms. The molecule has 134 valence electrons. The van der Waals surface area contributed by atoms with E-state index in [0.717, 1.165) is 12.7 Å². The van der Waals surface area contributed by atoms with Crippen LogP contribution in [0, 0.1) is 0 Å². The average molecular weight is 346 g/mol. The maximum atomic E-state index is 6.30. The zero-order valence-corrected chi connectivity index (χ0v) is 16.4. The maximum absolute atomic E-state index is 6.30. The number of hydrogen-bond acceptors (Lipinski definition) is 2. The van der Waals surface area contributed by atoms with Crippen LogP contribution >= 0.6 is 0 Å². The van der Waals surface area contributed by atoms with E-state index in [1.807, 2.05) is 0 Å². The summed E-state index contributed by atoms with van der Waals surface area (Å²) in [5, 5.41) is 5.33. The first-order valence-electron chi connectivity index (χ1n) is 9.61. The lowest BCUT2D eigenvalue weighted by atomic mass is 9.76. The largest absolute Gasteiger partial charge is 0.462 e. The summed E-state index contributed by atoms with van der Waals surface area (Å²) in [7, 11) is -0.223. The lowest BCUT2D eigenvalue weighted by Crippen LogP contribution is -2.41. The molecule has 2 nitrogen and oxygen atoms in total. The maximum Gasteiger partial charge on any atom is 0.462 e. The molecule has 0 aliphatic carbocycles. The van der Waals surface area contributed by atoms with Crippen LogP contribution in [-0.4, -0.2) is 18.3 Å². The fourth-order valence-corrected chi connectivity index (χ4v) is 4.12. The number of fused-ring (bicyclic) bond motifs is 2. The summed E-state index contributed by atoms with van der Waals surface area (Å²) in [4.78, 5) is 0. The first kappa shape index (κ1) is 17.6. The average Bonchev–Trinajstić information content (AvgIpc) is 2.81. The van der Waals surface area contributed by atoms with E-state index in [0.29, 0.717) is 0 Å². The molecule has 0 aromatic heterocycles. The Bertz CT molecular complexity index is 902. The molecule has 3 aromatic rings. The summed E-state index contributed by atoms with van der Waals surface area (Å²) < 4.78 is 12.6. The van der Waals surface area contributed by atoms with Crippen LogP contribution in [0.5, 0.6) is 0 Å². The van der Waals surface area contributed by atoms with E-state index in [-0.39, 0.29) is 18.3 Å². The van der Waals surface area contributed by atoms with E-state index in [2.05, 4.69) is 83.1 Å². The first-order chi connectivity index (χ1) is 12.3. The van der Waals surface area contributed by atoms with Crippen LogP contribution < -0.4 is 0 Å². The Hall–Kier alpha value is -1.84. The number of hydrogen-bond donors (Lipinski definition) is 0. The summed E-state index contributed by atoms with van der Waals surface area (Å²) in [6.07, 6.45) is 1.79. The topological polar surface area (TPSA) is 18.5 Å². The molecule has 0 amide bonds. The van der Waals surface area contributed by atoms with E-state index in [1.165, 1.54) is 32.7 Å². The minimum Gasteiger partial charge on any atom is -0.403 e. The van der Waals surface area contributed by atoms with Gasteiger partial charge in [0.2, 0.25) is 0 Å². The van der Waals surface area contributed by atoms with Crippen LogP contribution in [0.2, 0.25) is 0 Å². The van der Waals surface area contributed by atoms with Crippen molar-refractivity contribution >= 4 is 28.7 Å². The fraction of sp³-hybridized carbons (Fsp3) is 0.391. The van der Waals surface area contributed by atoms with E-state index in [9.17, 15) is 0 Å². The van der Waals surface area contributed by atoms with Crippen molar-refractivity contribution in [1.82, 2.24) is 0 Å². The third kappa shape index (κ3) is 2.65. The van der Waals surface area contributed by atoms with Crippen LogP contribution in [0.4, 0.5) is 0 Å². The van der Waals surface area contributed by atoms with Gasteiger partial charge in [0.1, 0.15) is 0 Å². The Morgan fingerprint density at radius 2 is 1.08 bits per heavy atom. The third-order valence-corrected chi connectivity index (χ3v) is 6.18. The highest BCUT2D eigenvalue weighted by Gasteiger charge is 2.51. The third-order valence-electron chi connectivity index (χ3n) is 6.18. The molecule has 0 N–H and O–H groups in total. The van der Waals surface area contributed by atoms with Crippen LogP contribution in [0.25, 0.3) is 21.5 Å². The minimum atomic E-state index is -0.299. The molecule has 4 rings (SSSR count). The lowest BCUT2D eigenvalue weighted by Gasteiger charge is -2.32. The van der Waals surface area contributed by atoms with Crippen LogP contribution in [-0.2, 0) is 22.0 Å². The molecule has 3 heteroatoms. The Morgan fingerprint density at radius 3 is 1.46 bits per heavy atom. The minimum absolute atomic E-state index is 0.223. The van der Waals surface area contributed by atoms with E-state index < -0.39 is 0 Å². The Balaban J connectivity index is 1.89. The number of rotatable bonds is 3. The van der Waals surface area contributed by atoms with Crippen molar-refractivity contribution in [2.24, 2.45) is 0 Å². The first-order valence-corrected chi connectivity index (χ1v) is 9.61. The smallest absolute Gasteiger partial charge is 0.403 e. The van der Waals surface area contributed by atoms with Gasteiger partial charge in [-0.1, -0.05) is 55.5 Å². The van der Waals surface area contributed by atoms with Crippen LogP contribution in [0.3, 0.4) is 0 Å². The van der Waals surface area contributed by atoms with Crippen LogP contribution in [0.1, 0.15) is 45.7 Å². The molecule has 0 atom stereocenters. The molecule has 1 heterocycles. The van der Waals surface area contributed by atoms with Gasteiger partial charge in [-0.15, -0.1) is 0 Å². The summed E-state index contributed by atoms with van der Waals surface area (Å²) >= 11 is 0. The molecule has 1 aliphatic rings. The predicted octanol–water partition coefficient (Wildman–Crippen LogP) is 5.73. The molecule has 1 saturated heterocycles. The standard InChI is InChI=1S/C23H27BO2/c1-6-16-17-11-7-9-13-19(17)21(20-14-10-8-12-18(16)20)15-24-25-22(2,3)23(4,5)26-24/h7-14H,6,15H2,1-5H3. The van der Waals surface area contributed by atoms with Crippen LogP contribution in [0.15, 0.2) is 48.5 Å². The molecule has 0 spiro atoms. The van der Waals surface area contributed by atoms with Crippen molar-refractivity contribution in [3.05, 3.63) is 59.7 Å². The van der Waals surface area contributed by atoms with Gasteiger partial charge in [-0.05, 0) is 66.8 Å². The van der Waals surface area contributed by atoms with Gasteiger partial charge in [0.05, 0.1) is 11.2 Å². The Kier molecular flexibility index (Phi) is 4.13. The quantitative estimate of drug-likeness (QED) is 0.445. The van der Waals surface area contributed by atoms with Gasteiger partial charge in [0.15, 0.2) is 0 Å². The Labute approximate surface area is 156 Å². The molecule has 1 aliphatic heterocycles. The summed E-state index contributed by atoms with van der Waals surface area (Å²) in [5.41, 5.74) is 2.15. The highest BCUT2D eigenvalue weighted by Crippen LogP contribution is 2.40. The van der Waals surface area contributed by atoms with Crippen molar-refractivity contribution in [2.45, 2.75) is 58.6 Å². The van der Waals surface area contributed by atoms with E-state index in [4.69, 9.17) is 9.31 Å². The van der Waals surface area contributed by atoms with E-state index in [1.54, 1.807) is 0 Å².